The first-order valence-electron chi connectivity index (χ1n) is 7.00. The largest absolute Gasteiger partial charge is 0.748 e. The van der Waals surface area contributed by atoms with E-state index in [1.165, 1.54) is 11.1 Å². The second-order valence-corrected chi connectivity index (χ2v) is 6.60. The quantitative estimate of drug-likeness (QED) is 0.736. The van der Waals surface area contributed by atoms with E-state index in [9.17, 15) is 4.79 Å². The Morgan fingerprint density at radius 2 is 1.35 bits per heavy atom. The maximum atomic E-state index is 11.9. The van der Waals surface area contributed by atoms with Crippen LogP contribution in [0.5, 0.6) is 0 Å². The molecule has 0 aromatic heterocycles. The number of carbonyl (C=O) groups excluding carboxylic acids is 1. The van der Waals surface area contributed by atoms with Gasteiger partial charge in [0, 0.05) is 6.26 Å². The van der Waals surface area contributed by atoms with Gasteiger partial charge in [-0.05, 0) is 36.1 Å². The van der Waals surface area contributed by atoms with Crippen molar-refractivity contribution in [3.63, 3.8) is 0 Å². The number of carbonyl (C=O) groups is 1. The fraction of sp³-hybridized carbons (Fsp3) is 0.188. The monoisotopic (exact) mass is 334 g/mol. The number of nitrogens with zero attached hydrogens (tertiary/aromatic N) is 1. The number of aryl methyl sites for hydroxylation is 2. The second-order valence-electron chi connectivity index (χ2n) is 5.19. The van der Waals surface area contributed by atoms with Crippen molar-refractivity contribution in [1.29, 1.82) is 0 Å². The summed E-state index contributed by atoms with van der Waals surface area (Å²) in [4.78, 5) is 13.6. The summed E-state index contributed by atoms with van der Waals surface area (Å²) in [6.07, 6.45) is 2.51. The molecule has 3 rings (SSSR count). The van der Waals surface area contributed by atoms with Crippen LogP contribution in [-0.2, 0) is 23.0 Å². The van der Waals surface area contributed by atoms with Gasteiger partial charge < -0.3 is 4.55 Å². The molecule has 7 heteroatoms. The Balaban J connectivity index is 0.000000338. The summed E-state index contributed by atoms with van der Waals surface area (Å²) in [6.45, 7) is 0. The van der Waals surface area contributed by atoms with Gasteiger partial charge in [-0.1, -0.05) is 36.4 Å². The highest BCUT2D eigenvalue weighted by Crippen LogP contribution is 2.35. The van der Waals surface area contributed by atoms with Crippen LogP contribution in [0.25, 0.3) is 0 Å². The number of hydrogen-bond donors (Lipinski definition) is 1. The number of amides is 2. The minimum atomic E-state index is -3.92. The van der Waals surface area contributed by atoms with E-state index < -0.39 is 10.1 Å². The molecule has 6 nitrogen and oxygen atoms in total. The van der Waals surface area contributed by atoms with Crippen LogP contribution < -0.4 is 10.6 Å². The maximum absolute atomic E-state index is 11.9. The lowest BCUT2D eigenvalue weighted by Crippen LogP contribution is -2.63. The molecule has 2 amide bonds. The smallest absolute Gasteiger partial charge is 0.423 e. The third kappa shape index (κ3) is 4.62. The normalized spacial score (nSPS) is 13.1. The lowest BCUT2D eigenvalue weighted by molar-refractivity contribution is -0.245. The molecule has 1 aliphatic heterocycles. The molecule has 0 atom stereocenters. The van der Waals surface area contributed by atoms with Crippen LogP contribution >= 0.6 is 0 Å². The van der Waals surface area contributed by atoms with Gasteiger partial charge in [-0.25, -0.2) is 18.1 Å². The Morgan fingerprint density at radius 1 is 1.00 bits per heavy atom. The highest BCUT2D eigenvalue weighted by Gasteiger charge is 2.25. The molecule has 2 aromatic carbocycles. The van der Waals surface area contributed by atoms with Crippen molar-refractivity contribution in [3.8, 4) is 0 Å². The van der Waals surface area contributed by atoms with Crippen molar-refractivity contribution in [2.24, 2.45) is 0 Å². The molecule has 0 aliphatic carbocycles. The van der Waals surface area contributed by atoms with Gasteiger partial charge in [-0.2, -0.15) is 0 Å². The minimum absolute atomic E-state index is 0.184. The molecule has 0 spiro atoms. The first-order valence-corrected chi connectivity index (χ1v) is 8.82. The van der Waals surface area contributed by atoms with Gasteiger partial charge in [0.15, 0.2) is 0 Å². The van der Waals surface area contributed by atoms with Crippen LogP contribution in [0.4, 0.5) is 16.2 Å². The first-order chi connectivity index (χ1) is 10.8. The van der Waals surface area contributed by atoms with Gasteiger partial charge in [-0.3, -0.25) is 5.73 Å². The molecule has 122 valence electrons. The van der Waals surface area contributed by atoms with E-state index in [0.29, 0.717) is 6.26 Å². The second kappa shape index (κ2) is 6.91. The van der Waals surface area contributed by atoms with Gasteiger partial charge in [0.2, 0.25) is 0 Å². The summed E-state index contributed by atoms with van der Waals surface area (Å²) in [5.41, 5.74) is 7.91. The SMILES string of the molecule is CS(=O)(=O)[O-].[NH3+]C(=O)N1c2ccccc2CCc2ccccc21. The zero-order valence-electron chi connectivity index (χ0n) is 12.7. The molecule has 0 fully saturated rings. The average Bonchev–Trinajstić information content (AvgIpc) is 2.62. The predicted molar refractivity (Wildman–Crippen MR) is 86.3 cm³/mol. The minimum Gasteiger partial charge on any atom is -0.748 e. The fourth-order valence-electron chi connectivity index (χ4n) is 2.55. The Morgan fingerprint density at radius 3 is 1.70 bits per heavy atom. The Hall–Kier alpha value is -2.22. The molecular formula is C16H18N2O4S. The van der Waals surface area contributed by atoms with E-state index >= 15 is 0 Å². The van der Waals surface area contributed by atoms with Crippen molar-refractivity contribution < 1.29 is 23.5 Å². The number of quaternary nitrogens is 1. The molecule has 0 saturated carbocycles. The van der Waals surface area contributed by atoms with Crippen molar-refractivity contribution >= 4 is 27.5 Å². The van der Waals surface area contributed by atoms with E-state index in [1.807, 2.05) is 36.4 Å². The highest BCUT2D eigenvalue weighted by atomic mass is 32.2. The van der Waals surface area contributed by atoms with Gasteiger partial charge in [0.05, 0.1) is 21.5 Å². The van der Waals surface area contributed by atoms with Crippen LogP contribution in [-0.4, -0.2) is 25.3 Å². The molecule has 0 unspecified atom stereocenters. The van der Waals surface area contributed by atoms with Crippen molar-refractivity contribution in [2.45, 2.75) is 12.8 Å². The average molecular weight is 334 g/mol. The lowest BCUT2D eigenvalue weighted by Gasteiger charge is -2.20. The van der Waals surface area contributed by atoms with Gasteiger partial charge >= 0.3 is 6.03 Å². The lowest BCUT2D eigenvalue weighted by atomic mass is 10.0. The van der Waals surface area contributed by atoms with Crippen LogP contribution in [0.15, 0.2) is 48.5 Å². The molecule has 0 radical (unpaired) electrons. The molecular weight excluding hydrogens is 316 g/mol. The number of fused-ring (bicyclic) bond motifs is 2. The Kier molecular flexibility index (Phi) is 5.15. The first kappa shape index (κ1) is 17.1. The number of hydrogen-bond acceptors (Lipinski definition) is 4. The van der Waals surface area contributed by atoms with Crippen LogP contribution in [0.2, 0.25) is 0 Å². The number of anilines is 2. The zero-order chi connectivity index (χ0) is 17.0. The standard InChI is InChI=1S/C15H14N2O.CH4O3S/c16-15(18)17-13-7-3-1-5-11(13)9-10-12-6-2-4-8-14(12)17;1-5(2,3)4/h1-8H,9-10H2,(H2,16,18);1H3,(H,2,3,4). The summed E-state index contributed by atoms with van der Waals surface area (Å²) < 4.78 is 27.2. The summed E-state index contributed by atoms with van der Waals surface area (Å²) in [5.74, 6) is 0. The van der Waals surface area contributed by atoms with Crippen molar-refractivity contribution in [2.75, 3.05) is 11.2 Å². The molecule has 23 heavy (non-hydrogen) atoms. The molecule has 1 heterocycles. The Labute approximate surface area is 135 Å². The Bertz CT molecular complexity index is 763. The molecule has 1 aliphatic rings. The third-order valence-electron chi connectivity index (χ3n) is 3.38. The molecule has 3 N–H and O–H groups in total. The molecule has 0 saturated heterocycles. The fourth-order valence-corrected chi connectivity index (χ4v) is 2.55. The predicted octanol–water partition coefficient (Wildman–Crippen LogP) is 1.45. The van der Waals surface area contributed by atoms with Crippen molar-refractivity contribution in [3.05, 3.63) is 59.7 Å². The van der Waals surface area contributed by atoms with E-state index in [1.54, 1.807) is 4.90 Å². The van der Waals surface area contributed by atoms with Gasteiger partial charge in [0.25, 0.3) is 0 Å². The van der Waals surface area contributed by atoms with E-state index in [2.05, 4.69) is 17.9 Å². The molecule has 2 aromatic rings. The van der Waals surface area contributed by atoms with E-state index in [0.717, 1.165) is 24.2 Å². The van der Waals surface area contributed by atoms with Crippen LogP contribution in [0, 0.1) is 0 Å². The van der Waals surface area contributed by atoms with Gasteiger partial charge in [0.1, 0.15) is 0 Å². The number of benzene rings is 2. The van der Waals surface area contributed by atoms with Crippen molar-refractivity contribution in [1.82, 2.24) is 0 Å². The topological polar surface area (TPSA) is 105 Å². The zero-order valence-corrected chi connectivity index (χ0v) is 13.5. The maximum Gasteiger partial charge on any atom is 0.423 e. The van der Waals surface area contributed by atoms with Crippen LogP contribution in [0.1, 0.15) is 11.1 Å². The van der Waals surface area contributed by atoms with Gasteiger partial charge in [-0.15, -0.1) is 0 Å². The van der Waals surface area contributed by atoms with E-state index in [4.69, 9.17) is 13.0 Å². The summed E-state index contributed by atoms with van der Waals surface area (Å²) in [7, 11) is -3.92. The van der Waals surface area contributed by atoms with E-state index in [-0.39, 0.29) is 6.03 Å². The number of rotatable bonds is 0. The molecule has 0 bridgehead atoms. The number of urea groups is 1. The van der Waals surface area contributed by atoms with Crippen LogP contribution in [0.3, 0.4) is 0 Å². The summed E-state index contributed by atoms with van der Waals surface area (Å²) in [6, 6.07) is 15.9. The third-order valence-corrected chi connectivity index (χ3v) is 3.38. The summed E-state index contributed by atoms with van der Waals surface area (Å²) in [5, 5.41) is 0. The highest BCUT2D eigenvalue weighted by molar-refractivity contribution is 7.84. The summed E-state index contributed by atoms with van der Waals surface area (Å²) >= 11 is 0. The number of para-hydroxylation sites is 2.